The van der Waals surface area contributed by atoms with Crippen LogP contribution in [-0.4, -0.2) is 12.4 Å². The van der Waals surface area contributed by atoms with E-state index in [9.17, 15) is 4.79 Å². The zero-order chi connectivity index (χ0) is 13.9. The third kappa shape index (κ3) is 3.02. The van der Waals surface area contributed by atoms with Crippen molar-refractivity contribution in [3.8, 4) is 5.75 Å². The van der Waals surface area contributed by atoms with Crippen molar-refractivity contribution in [2.75, 3.05) is 6.61 Å². The maximum Gasteiger partial charge on any atom is 0.173 e. The van der Waals surface area contributed by atoms with Crippen LogP contribution < -0.4 is 4.74 Å². The number of ketones is 1. The summed E-state index contributed by atoms with van der Waals surface area (Å²) in [7, 11) is 0. The first-order chi connectivity index (χ1) is 9.74. The average Bonchev–Trinajstić information content (AvgIpc) is 3.26. The quantitative estimate of drug-likeness (QED) is 0.827. The van der Waals surface area contributed by atoms with Crippen molar-refractivity contribution in [2.45, 2.75) is 12.3 Å². The molecule has 2 atom stereocenters. The van der Waals surface area contributed by atoms with Crippen LogP contribution in [0.1, 0.15) is 17.9 Å². The van der Waals surface area contributed by atoms with E-state index >= 15 is 0 Å². The molecule has 0 radical (unpaired) electrons. The molecule has 2 nitrogen and oxygen atoms in total. The second kappa shape index (κ2) is 5.68. The normalized spacial score (nSPS) is 20.4. The molecule has 0 spiro atoms. The number of rotatable bonds is 5. The van der Waals surface area contributed by atoms with E-state index in [1.54, 1.807) is 18.2 Å². The van der Waals surface area contributed by atoms with Crippen LogP contribution >= 0.6 is 11.6 Å². The molecule has 0 saturated heterocycles. The Morgan fingerprint density at radius 1 is 1.15 bits per heavy atom. The molecular weight excluding hydrogens is 272 g/mol. The Balaban J connectivity index is 1.54. The second-order valence-corrected chi connectivity index (χ2v) is 5.51. The number of carbonyl (C=O) groups is 1. The lowest BCUT2D eigenvalue weighted by atomic mass is 10.1. The van der Waals surface area contributed by atoms with Crippen molar-refractivity contribution < 1.29 is 9.53 Å². The summed E-state index contributed by atoms with van der Waals surface area (Å²) in [6.45, 7) is 0.119. The summed E-state index contributed by atoms with van der Waals surface area (Å²) in [5.41, 5.74) is 1.24. The smallest absolute Gasteiger partial charge is 0.173 e. The van der Waals surface area contributed by atoms with Crippen LogP contribution in [-0.2, 0) is 4.79 Å². The lowest BCUT2D eigenvalue weighted by molar-refractivity contribution is -0.122. The van der Waals surface area contributed by atoms with Gasteiger partial charge in [-0.1, -0.05) is 48.0 Å². The van der Waals surface area contributed by atoms with Crippen molar-refractivity contribution >= 4 is 17.4 Å². The zero-order valence-electron chi connectivity index (χ0n) is 11.0. The van der Waals surface area contributed by atoms with E-state index in [0.717, 1.165) is 6.42 Å². The van der Waals surface area contributed by atoms with E-state index in [-0.39, 0.29) is 18.3 Å². The summed E-state index contributed by atoms with van der Waals surface area (Å²) in [5, 5.41) is 0.614. The van der Waals surface area contributed by atoms with Crippen molar-refractivity contribution in [1.82, 2.24) is 0 Å². The molecule has 3 rings (SSSR count). The van der Waals surface area contributed by atoms with Crippen molar-refractivity contribution in [3.05, 3.63) is 65.2 Å². The van der Waals surface area contributed by atoms with Crippen molar-refractivity contribution in [2.24, 2.45) is 5.92 Å². The number of halogens is 1. The lowest BCUT2D eigenvalue weighted by Crippen LogP contribution is -2.13. The molecule has 2 aromatic carbocycles. The first-order valence-electron chi connectivity index (χ1n) is 6.70. The molecule has 0 aromatic heterocycles. The Bertz CT molecular complexity index is 609. The van der Waals surface area contributed by atoms with Gasteiger partial charge in [-0.25, -0.2) is 0 Å². The number of hydrogen-bond donors (Lipinski definition) is 0. The van der Waals surface area contributed by atoms with Gasteiger partial charge in [0.15, 0.2) is 5.78 Å². The third-order valence-corrected chi connectivity index (χ3v) is 3.84. The fourth-order valence-electron chi connectivity index (χ4n) is 2.44. The molecule has 0 bridgehead atoms. The molecular formula is C17H15ClO2. The Morgan fingerprint density at radius 3 is 2.70 bits per heavy atom. The highest BCUT2D eigenvalue weighted by Gasteiger charge is 2.43. The molecule has 0 amide bonds. The van der Waals surface area contributed by atoms with Gasteiger partial charge in [0.25, 0.3) is 0 Å². The second-order valence-electron chi connectivity index (χ2n) is 5.07. The first kappa shape index (κ1) is 13.2. The topological polar surface area (TPSA) is 26.3 Å². The van der Waals surface area contributed by atoms with E-state index in [1.807, 2.05) is 24.3 Å². The largest absolute Gasteiger partial charge is 0.486 e. The van der Waals surface area contributed by atoms with Gasteiger partial charge >= 0.3 is 0 Å². The Kier molecular flexibility index (Phi) is 3.75. The predicted octanol–water partition coefficient (Wildman–Crippen LogP) is 4.09. The molecule has 0 aliphatic heterocycles. The minimum Gasteiger partial charge on any atom is -0.486 e. The maximum absolute atomic E-state index is 12.1. The van der Waals surface area contributed by atoms with Gasteiger partial charge in [0, 0.05) is 10.9 Å². The summed E-state index contributed by atoms with van der Waals surface area (Å²) >= 11 is 5.87. The van der Waals surface area contributed by atoms with Crippen LogP contribution in [0.25, 0.3) is 0 Å². The molecule has 1 fully saturated rings. The van der Waals surface area contributed by atoms with E-state index < -0.39 is 0 Å². The summed E-state index contributed by atoms with van der Waals surface area (Å²) in [5.74, 6) is 1.28. The molecule has 1 aliphatic rings. The van der Waals surface area contributed by atoms with Crippen LogP contribution in [0.3, 0.4) is 0 Å². The van der Waals surface area contributed by atoms with Crippen LogP contribution in [0.4, 0.5) is 0 Å². The predicted molar refractivity (Wildman–Crippen MR) is 79.2 cm³/mol. The highest BCUT2D eigenvalue weighted by molar-refractivity contribution is 6.30. The van der Waals surface area contributed by atoms with Gasteiger partial charge in [-0.05, 0) is 36.1 Å². The Hall–Kier alpha value is -1.80. The van der Waals surface area contributed by atoms with E-state index in [1.165, 1.54) is 5.56 Å². The number of benzene rings is 2. The summed E-state index contributed by atoms with van der Waals surface area (Å²) in [6.07, 6.45) is 0.932. The van der Waals surface area contributed by atoms with E-state index in [4.69, 9.17) is 16.3 Å². The van der Waals surface area contributed by atoms with Gasteiger partial charge in [0.2, 0.25) is 0 Å². The highest BCUT2D eigenvalue weighted by atomic mass is 35.5. The van der Waals surface area contributed by atoms with Crippen molar-refractivity contribution in [3.63, 3.8) is 0 Å². The molecule has 0 N–H and O–H groups in total. The maximum atomic E-state index is 12.1. The van der Waals surface area contributed by atoms with Gasteiger partial charge in [-0.15, -0.1) is 0 Å². The molecule has 20 heavy (non-hydrogen) atoms. The van der Waals surface area contributed by atoms with Gasteiger partial charge in [-0.3, -0.25) is 4.79 Å². The van der Waals surface area contributed by atoms with Crippen LogP contribution in [0.5, 0.6) is 5.75 Å². The standard InChI is InChI=1S/C17H15ClO2/c18-13-7-4-8-14(9-13)20-11-17(19)16-10-15(16)12-5-2-1-3-6-12/h1-9,15-16H,10-11H2. The third-order valence-electron chi connectivity index (χ3n) is 3.61. The average molecular weight is 287 g/mol. The summed E-state index contributed by atoms with van der Waals surface area (Å²) in [4.78, 5) is 12.1. The summed E-state index contributed by atoms with van der Waals surface area (Å²) in [6, 6.07) is 17.3. The number of hydrogen-bond acceptors (Lipinski definition) is 2. The fraction of sp³-hybridized carbons (Fsp3) is 0.235. The van der Waals surface area contributed by atoms with Crippen molar-refractivity contribution in [1.29, 1.82) is 0 Å². The highest BCUT2D eigenvalue weighted by Crippen LogP contribution is 2.47. The minimum absolute atomic E-state index is 0.108. The van der Waals surface area contributed by atoms with E-state index in [2.05, 4.69) is 12.1 Å². The monoisotopic (exact) mass is 286 g/mol. The van der Waals surface area contributed by atoms with Crippen LogP contribution in [0.15, 0.2) is 54.6 Å². The molecule has 1 aliphatic carbocycles. The number of ether oxygens (including phenoxy) is 1. The Morgan fingerprint density at radius 2 is 1.95 bits per heavy atom. The zero-order valence-corrected chi connectivity index (χ0v) is 11.7. The van der Waals surface area contributed by atoms with Crippen LogP contribution in [0, 0.1) is 5.92 Å². The van der Waals surface area contributed by atoms with Gasteiger partial charge in [0.05, 0.1) is 0 Å². The molecule has 102 valence electrons. The van der Waals surface area contributed by atoms with E-state index in [0.29, 0.717) is 16.7 Å². The molecule has 0 heterocycles. The molecule has 3 heteroatoms. The summed E-state index contributed by atoms with van der Waals surface area (Å²) < 4.78 is 5.50. The minimum atomic E-state index is 0.108. The Labute approximate surface area is 123 Å². The number of Topliss-reactive ketones (excluding diaryl/α,β-unsaturated/α-hetero) is 1. The number of carbonyl (C=O) groups excluding carboxylic acids is 1. The van der Waals surface area contributed by atoms with Gasteiger partial charge in [0.1, 0.15) is 12.4 Å². The molecule has 2 unspecified atom stereocenters. The van der Waals surface area contributed by atoms with Gasteiger partial charge in [-0.2, -0.15) is 0 Å². The molecule has 1 saturated carbocycles. The van der Waals surface area contributed by atoms with Crippen LogP contribution in [0.2, 0.25) is 5.02 Å². The van der Waals surface area contributed by atoms with Gasteiger partial charge < -0.3 is 4.74 Å². The SMILES string of the molecule is O=C(COc1cccc(Cl)c1)C1CC1c1ccccc1. The first-order valence-corrected chi connectivity index (χ1v) is 7.08. The fourth-order valence-corrected chi connectivity index (χ4v) is 2.62. The molecule has 2 aromatic rings. The lowest BCUT2D eigenvalue weighted by Gasteiger charge is -2.05.